The number of nitrogens with zero attached hydrogens (tertiary/aromatic N) is 1. The Labute approximate surface area is 111 Å². The van der Waals surface area contributed by atoms with Gasteiger partial charge in [-0.05, 0) is 31.4 Å². The molecular formula is C14H18F2N2O. The SMILES string of the molecule is NCC(Cc1c(F)cccc1F)C(=O)N1CCCC1. The molecule has 0 aromatic heterocycles. The van der Waals surface area contributed by atoms with Gasteiger partial charge in [-0.25, -0.2) is 8.78 Å². The first-order valence-electron chi connectivity index (χ1n) is 6.55. The topological polar surface area (TPSA) is 46.3 Å². The molecule has 1 fully saturated rings. The Morgan fingerprint density at radius 1 is 1.26 bits per heavy atom. The third kappa shape index (κ3) is 3.10. The molecule has 0 aliphatic carbocycles. The Morgan fingerprint density at radius 2 is 1.84 bits per heavy atom. The molecule has 1 aromatic rings. The maximum absolute atomic E-state index is 13.6. The summed E-state index contributed by atoms with van der Waals surface area (Å²) in [5.41, 5.74) is 5.55. The van der Waals surface area contributed by atoms with Gasteiger partial charge in [0.05, 0.1) is 5.92 Å². The fourth-order valence-corrected chi connectivity index (χ4v) is 2.44. The van der Waals surface area contributed by atoms with Gasteiger partial charge in [-0.1, -0.05) is 6.07 Å². The summed E-state index contributed by atoms with van der Waals surface area (Å²) in [7, 11) is 0. The van der Waals surface area contributed by atoms with Crippen LogP contribution < -0.4 is 5.73 Å². The molecule has 19 heavy (non-hydrogen) atoms. The standard InChI is InChI=1S/C14H18F2N2O/c15-12-4-3-5-13(16)11(12)8-10(9-17)14(19)18-6-1-2-7-18/h3-5,10H,1-2,6-9,17H2. The van der Waals surface area contributed by atoms with Crippen LogP contribution in [0.25, 0.3) is 0 Å². The van der Waals surface area contributed by atoms with Crippen LogP contribution in [0.5, 0.6) is 0 Å². The average Bonchev–Trinajstić information content (AvgIpc) is 2.92. The first-order chi connectivity index (χ1) is 9.13. The van der Waals surface area contributed by atoms with Crippen molar-refractivity contribution in [2.45, 2.75) is 19.3 Å². The van der Waals surface area contributed by atoms with Crippen LogP contribution in [-0.4, -0.2) is 30.4 Å². The van der Waals surface area contributed by atoms with Crippen molar-refractivity contribution in [1.82, 2.24) is 4.90 Å². The van der Waals surface area contributed by atoms with Gasteiger partial charge in [-0.3, -0.25) is 4.79 Å². The number of carbonyl (C=O) groups is 1. The lowest BCUT2D eigenvalue weighted by Crippen LogP contribution is -2.38. The Balaban J connectivity index is 2.12. The molecule has 1 saturated heterocycles. The van der Waals surface area contributed by atoms with Crippen LogP contribution in [0.4, 0.5) is 8.78 Å². The molecule has 2 rings (SSSR count). The number of amides is 1. The summed E-state index contributed by atoms with van der Waals surface area (Å²) >= 11 is 0. The predicted molar refractivity (Wildman–Crippen MR) is 68.4 cm³/mol. The van der Waals surface area contributed by atoms with Gasteiger partial charge >= 0.3 is 0 Å². The molecular weight excluding hydrogens is 250 g/mol. The van der Waals surface area contributed by atoms with Gasteiger partial charge < -0.3 is 10.6 Å². The highest BCUT2D eigenvalue weighted by Gasteiger charge is 2.27. The molecule has 5 heteroatoms. The highest BCUT2D eigenvalue weighted by molar-refractivity contribution is 5.79. The van der Waals surface area contributed by atoms with Gasteiger partial charge in [0.2, 0.25) is 5.91 Å². The summed E-state index contributed by atoms with van der Waals surface area (Å²) in [4.78, 5) is 13.9. The van der Waals surface area contributed by atoms with Crippen molar-refractivity contribution < 1.29 is 13.6 Å². The van der Waals surface area contributed by atoms with Gasteiger partial charge in [-0.2, -0.15) is 0 Å². The summed E-state index contributed by atoms with van der Waals surface area (Å²) in [6, 6.07) is 3.71. The van der Waals surface area contributed by atoms with Gasteiger partial charge in [0.25, 0.3) is 0 Å². The lowest BCUT2D eigenvalue weighted by molar-refractivity contribution is -0.134. The van der Waals surface area contributed by atoms with Crippen molar-refractivity contribution >= 4 is 5.91 Å². The van der Waals surface area contributed by atoms with Crippen LogP contribution in [-0.2, 0) is 11.2 Å². The lowest BCUT2D eigenvalue weighted by Gasteiger charge is -2.22. The number of benzene rings is 1. The van der Waals surface area contributed by atoms with E-state index < -0.39 is 17.6 Å². The monoisotopic (exact) mass is 268 g/mol. The van der Waals surface area contributed by atoms with Crippen molar-refractivity contribution in [2.75, 3.05) is 19.6 Å². The van der Waals surface area contributed by atoms with E-state index in [1.807, 2.05) is 0 Å². The number of rotatable bonds is 4. The maximum atomic E-state index is 13.6. The normalized spacial score (nSPS) is 16.7. The molecule has 1 aromatic carbocycles. The molecule has 3 nitrogen and oxygen atoms in total. The second-order valence-corrected chi connectivity index (χ2v) is 4.87. The summed E-state index contributed by atoms with van der Waals surface area (Å²) in [5, 5.41) is 0. The summed E-state index contributed by atoms with van der Waals surface area (Å²) in [6.45, 7) is 1.54. The fraction of sp³-hybridized carbons (Fsp3) is 0.500. The number of hydrogen-bond donors (Lipinski definition) is 1. The third-order valence-electron chi connectivity index (χ3n) is 3.56. The van der Waals surface area contributed by atoms with Crippen molar-refractivity contribution in [3.63, 3.8) is 0 Å². The Morgan fingerprint density at radius 3 is 2.37 bits per heavy atom. The van der Waals surface area contributed by atoms with E-state index in [4.69, 9.17) is 5.73 Å². The molecule has 1 amide bonds. The number of halogens is 2. The van der Waals surface area contributed by atoms with E-state index in [0.717, 1.165) is 25.9 Å². The van der Waals surface area contributed by atoms with E-state index in [-0.39, 0.29) is 24.4 Å². The van der Waals surface area contributed by atoms with Crippen LogP contribution in [0.3, 0.4) is 0 Å². The van der Waals surface area contributed by atoms with Gasteiger partial charge in [0.1, 0.15) is 11.6 Å². The van der Waals surface area contributed by atoms with E-state index in [2.05, 4.69) is 0 Å². The molecule has 1 unspecified atom stereocenters. The first kappa shape index (κ1) is 13.9. The van der Waals surface area contributed by atoms with Crippen LogP contribution >= 0.6 is 0 Å². The molecule has 0 bridgehead atoms. The number of hydrogen-bond acceptors (Lipinski definition) is 2. The minimum absolute atomic E-state index is 0.0182. The van der Waals surface area contributed by atoms with Gasteiger partial charge in [0, 0.05) is 25.2 Å². The van der Waals surface area contributed by atoms with E-state index in [1.165, 1.54) is 18.2 Å². The summed E-state index contributed by atoms with van der Waals surface area (Å²) in [6.07, 6.45) is 1.98. The predicted octanol–water partition coefficient (Wildman–Crippen LogP) is 1.70. The van der Waals surface area contributed by atoms with Crippen molar-refractivity contribution in [3.05, 3.63) is 35.4 Å². The van der Waals surface area contributed by atoms with Crippen molar-refractivity contribution in [1.29, 1.82) is 0 Å². The number of nitrogens with two attached hydrogens (primary N) is 1. The van der Waals surface area contributed by atoms with Crippen molar-refractivity contribution in [3.8, 4) is 0 Å². The minimum atomic E-state index is -0.618. The van der Waals surface area contributed by atoms with Gasteiger partial charge in [0.15, 0.2) is 0 Å². The van der Waals surface area contributed by atoms with Crippen LogP contribution in [0, 0.1) is 17.6 Å². The second kappa shape index (κ2) is 6.10. The van der Waals surface area contributed by atoms with Crippen LogP contribution in [0.2, 0.25) is 0 Å². The zero-order valence-corrected chi connectivity index (χ0v) is 10.7. The highest BCUT2D eigenvalue weighted by atomic mass is 19.1. The number of carbonyl (C=O) groups excluding carboxylic acids is 1. The van der Waals surface area contributed by atoms with E-state index in [0.29, 0.717) is 0 Å². The zero-order chi connectivity index (χ0) is 13.8. The average molecular weight is 268 g/mol. The smallest absolute Gasteiger partial charge is 0.227 e. The fourth-order valence-electron chi connectivity index (χ4n) is 2.44. The first-order valence-corrected chi connectivity index (χ1v) is 6.55. The lowest BCUT2D eigenvalue weighted by atomic mass is 9.97. The molecule has 0 spiro atoms. The van der Waals surface area contributed by atoms with Gasteiger partial charge in [-0.15, -0.1) is 0 Å². The summed E-state index contributed by atoms with van der Waals surface area (Å²) in [5.74, 6) is -1.88. The molecule has 1 heterocycles. The third-order valence-corrected chi connectivity index (χ3v) is 3.56. The van der Waals surface area contributed by atoms with Crippen LogP contribution in [0.1, 0.15) is 18.4 Å². The van der Waals surface area contributed by atoms with E-state index in [9.17, 15) is 13.6 Å². The highest BCUT2D eigenvalue weighted by Crippen LogP contribution is 2.19. The number of likely N-dealkylation sites (tertiary alicyclic amines) is 1. The molecule has 0 saturated carbocycles. The molecule has 1 aliphatic rings. The molecule has 1 atom stereocenters. The van der Waals surface area contributed by atoms with Crippen molar-refractivity contribution in [2.24, 2.45) is 11.7 Å². The molecule has 2 N–H and O–H groups in total. The minimum Gasteiger partial charge on any atom is -0.342 e. The molecule has 104 valence electrons. The largest absolute Gasteiger partial charge is 0.342 e. The quantitative estimate of drug-likeness (QED) is 0.903. The Bertz CT molecular complexity index is 439. The molecule has 1 aliphatic heterocycles. The van der Waals surface area contributed by atoms with E-state index in [1.54, 1.807) is 4.90 Å². The zero-order valence-electron chi connectivity index (χ0n) is 10.7. The van der Waals surface area contributed by atoms with E-state index >= 15 is 0 Å². The van der Waals surface area contributed by atoms with Crippen LogP contribution in [0.15, 0.2) is 18.2 Å². The Kier molecular flexibility index (Phi) is 4.47. The second-order valence-electron chi connectivity index (χ2n) is 4.87. The Hall–Kier alpha value is -1.49. The molecule has 0 radical (unpaired) electrons. The maximum Gasteiger partial charge on any atom is 0.227 e. The summed E-state index contributed by atoms with van der Waals surface area (Å²) < 4.78 is 27.2.